The largest absolute Gasteiger partial charge is 0.300 e. The summed E-state index contributed by atoms with van der Waals surface area (Å²) in [5.41, 5.74) is 0.468. The van der Waals surface area contributed by atoms with Crippen LogP contribution in [0.2, 0.25) is 0 Å². The smallest absolute Gasteiger partial charge is 0.129 e. The van der Waals surface area contributed by atoms with Crippen LogP contribution < -0.4 is 0 Å². The molecule has 1 unspecified atom stereocenters. The minimum absolute atomic E-state index is 0.121. The molecule has 0 heterocycles. The highest BCUT2D eigenvalue weighted by atomic mass is 16.1. The van der Waals surface area contributed by atoms with Gasteiger partial charge in [0.25, 0.3) is 0 Å². The Morgan fingerprint density at radius 3 is 2.62 bits per heavy atom. The lowest BCUT2D eigenvalue weighted by Crippen LogP contribution is -2.11. The predicted molar refractivity (Wildman–Crippen MR) is 86.6 cm³/mol. The molecule has 106 valence electrons. The number of carbonyl (C=O) groups excluding carboxylic acids is 1. The summed E-state index contributed by atoms with van der Waals surface area (Å²) in [6, 6.07) is 16.7. The third kappa shape index (κ3) is 4.03. The number of rotatable bonds is 5. The zero-order valence-electron chi connectivity index (χ0n) is 12.5. The van der Waals surface area contributed by atoms with E-state index in [0.717, 1.165) is 5.56 Å². The van der Waals surface area contributed by atoms with Crippen LogP contribution in [-0.4, -0.2) is 5.78 Å². The summed E-state index contributed by atoms with van der Waals surface area (Å²) in [5.74, 6) is 0.121. The van der Waals surface area contributed by atoms with Crippen LogP contribution in [0.15, 0.2) is 48.5 Å². The Bertz CT molecular complexity index is 724. The zero-order valence-corrected chi connectivity index (χ0v) is 12.5. The summed E-state index contributed by atoms with van der Waals surface area (Å²) >= 11 is 0. The molecule has 2 aromatic carbocycles. The van der Waals surface area contributed by atoms with Gasteiger partial charge in [0, 0.05) is 6.42 Å². The average molecular weight is 277 g/mol. The van der Waals surface area contributed by atoms with E-state index in [9.17, 15) is 10.1 Å². The van der Waals surface area contributed by atoms with E-state index in [0.29, 0.717) is 12.8 Å². The van der Waals surface area contributed by atoms with Crippen molar-refractivity contribution in [3.8, 4) is 6.07 Å². The predicted octanol–water partition coefficient (Wildman–Crippen LogP) is 4.75. The van der Waals surface area contributed by atoms with Crippen molar-refractivity contribution in [2.45, 2.75) is 26.7 Å². The van der Waals surface area contributed by atoms with Crippen LogP contribution in [0.1, 0.15) is 32.3 Å². The summed E-state index contributed by atoms with van der Waals surface area (Å²) in [6.45, 7) is 3.43. The monoisotopic (exact) mass is 277 g/mol. The number of allylic oxidation sites excluding steroid dienone is 1. The van der Waals surface area contributed by atoms with Gasteiger partial charge in [-0.1, -0.05) is 48.6 Å². The topological polar surface area (TPSA) is 40.9 Å². The highest BCUT2D eigenvalue weighted by Crippen LogP contribution is 2.26. The van der Waals surface area contributed by atoms with E-state index >= 15 is 0 Å². The molecule has 0 amide bonds. The Balaban J connectivity index is 2.20. The summed E-state index contributed by atoms with van der Waals surface area (Å²) in [6.07, 6.45) is 4.87. The maximum absolute atomic E-state index is 11.1. The van der Waals surface area contributed by atoms with E-state index in [1.165, 1.54) is 10.8 Å². The van der Waals surface area contributed by atoms with Gasteiger partial charge in [-0.3, -0.25) is 0 Å². The molecule has 1 atom stereocenters. The Hall–Kier alpha value is -2.40. The van der Waals surface area contributed by atoms with Gasteiger partial charge in [-0.25, -0.2) is 0 Å². The van der Waals surface area contributed by atoms with Gasteiger partial charge >= 0.3 is 0 Å². The standard InChI is InChI=1S/C19H19NO/c1-15(21)9-11-19(2,14-20)12-10-16-7-8-17-5-3-4-6-18(17)13-16/h3-8,10,12-13H,9,11H2,1-2H3/b12-10+. The van der Waals surface area contributed by atoms with E-state index in [1.807, 2.05) is 37.3 Å². The van der Waals surface area contributed by atoms with Gasteiger partial charge in [0.05, 0.1) is 11.5 Å². The Morgan fingerprint density at radius 2 is 1.95 bits per heavy atom. The molecule has 0 saturated carbocycles. The van der Waals surface area contributed by atoms with Crippen molar-refractivity contribution in [3.63, 3.8) is 0 Å². The van der Waals surface area contributed by atoms with Gasteiger partial charge < -0.3 is 4.79 Å². The minimum Gasteiger partial charge on any atom is -0.300 e. The third-order valence-corrected chi connectivity index (χ3v) is 3.67. The Labute approximate surface area is 125 Å². The van der Waals surface area contributed by atoms with Crippen LogP contribution in [0, 0.1) is 16.7 Å². The molecule has 2 aromatic rings. The Kier molecular flexibility index (Phi) is 4.55. The van der Waals surface area contributed by atoms with Gasteiger partial charge in [0.15, 0.2) is 0 Å². The number of benzene rings is 2. The molecule has 0 aliphatic heterocycles. The fourth-order valence-electron chi connectivity index (χ4n) is 2.20. The lowest BCUT2D eigenvalue weighted by molar-refractivity contribution is -0.117. The summed E-state index contributed by atoms with van der Waals surface area (Å²) in [7, 11) is 0. The minimum atomic E-state index is -0.600. The lowest BCUT2D eigenvalue weighted by atomic mass is 9.85. The van der Waals surface area contributed by atoms with Crippen molar-refractivity contribution in [2.24, 2.45) is 5.41 Å². The number of Topliss-reactive ketones (excluding diaryl/α,β-unsaturated/α-hetero) is 1. The highest BCUT2D eigenvalue weighted by Gasteiger charge is 2.20. The fourth-order valence-corrected chi connectivity index (χ4v) is 2.20. The van der Waals surface area contributed by atoms with E-state index in [2.05, 4.69) is 30.3 Å². The number of ketones is 1. The second kappa shape index (κ2) is 6.37. The van der Waals surface area contributed by atoms with Crippen molar-refractivity contribution < 1.29 is 4.79 Å². The quantitative estimate of drug-likeness (QED) is 0.791. The number of nitrogens with zero attached hydrogens (tertiary/aromatic N) is 1. The molecule has 0 spiro atoms. The number of hydrogen-bond acceptors (Lipinski definition) is 2. The molecule has 0 fully saturated rings. The molecule has 0 N–H and O–H groups in total. The molecule has 0 radical (unpaired) electrons. The molecule has 0 saturated heterocycles. The summed E-state index contributed by atoms with van der Waals surface area (Å²) in [4.78, 5) is 11.1. The Morgan fingerprint density at radius 1 is 1.24 bits per heavy atom. The number of fused-ring (bicyclic) bond motifs is 1. The molecule has 2 rings (SSSR count). The first kappa shape index (κ1) is 15.0. The number of carbonyl (C=O) groups is 1. The van der Waals surface area contributed by atoms with Crippen molar-refractivity contribution in [2.75, 3.05) is 0 Å². The van der Waals surface area contributed by atoms with Gasteiger partial charge in [-0.2, -0.15) is 5.26 Å². The number of hydrogen-bond donors (Lipinski definition) is 0. The van der Waals surface area contributed by atoms with Gasteiger partial charge in [-0.05, 0) is 42.7 Å². The molecule has 2 nitrogen and oxygen atoms in total. The summed E-state index contributed by atoms with van der Waals surface area (Å²) < 4.78 is 0. The molecule has 0 aliphatic carbocycles. The lowest BCUT2D eigenvalue weighted by Gasteiger charge is -2.15. The SMILES string of the molecule is CC(=O)CCC(C)(C#N)/C=C/c1ccc2ccccc2c1. The first-order valence-electron chi connectivity index (χ1n) is 7.11. The molecular formula is C19H19NO. The second-order valence-corrected chi connectivity index (χ2v) is 5.67. The molecular weight excluding hydrogens is 258 g/mol. The molecule has 2 heteroatoms. The van der Waals surface area contributed by atoms with Gasteiger partial charge in [0.1, 0.15) is 5.78 Å². The van der Waals surface area contributed by atoms with E-state index in [4.69, 9.17) is 0 Å². The van der Waals surface area contributed by atoms with Crippen LogP contribution in [0.3, 0.4) is 0 Å². The second-order valence-electron chi connectivity index (χ2n) is 5.67. The molecule has 0 aromatic heterocycles. The van der Waals surface area contributed by atoms with Gasteiger partial charge in [0.2, 0.25) is 0 Å². The van der Waals surface area contributed by atoms with Crippen LogP contribution >= 0.6 is 0 Å². The van der Waals surface area contributed by atoms with Crippen LogP contribution in [-0.2, 0) is 4.79 Å². The zero-order chi connectivity index (χ0) is 15.3. The molecule has 0 aliphatic rings. The van der Waals surface area contributed by atoms with Crippen molar-refractivity contribution in [1.29, 1.82) is 5.26 Å². The van der Waals surface area contributed by atoms with Crippen LogP contribution in [0.4, 0.5) is 0 Å². The van der Waals surface area contributed by atoms with Gasteiger partial charge in [-0.15, -0.1) is 0 Å². The first-order valence-corrected chi connectivity index (χ1v) is 7.11. The highest BCUT2D eigenvalue weighted by molar-refractivity contribution is 5.84. The normalized spacial score (nSPS) is 14.0. The molecule has 0 bridgehead atoms. The van der Waals surface area contributed by atoms with E-state index in [-0.39, 0.29) is 5.78 Å². The first-order chi connectivity index (χ1) is 10.0. The maximum atomic E-state index is 11.1. The van der Waals surface area contributed by atoms with Crippen LogP contribution in [0.5, 0.6) is 0 Å². The average Bonchev–Trinajstić information content (AvgIpc) is 2.51. The van der Waals surface area contributed by atoms with Crippen LogP contribution in [0.25, 0.3) is 16.8 Å². The van der Waals surface area contributed by atoms with Crippen molar-refractivity contribution in [1.82, 2.24) is 0 Å². The van der Waals surface area contributed by atoms with E-state index in [1.54, 1.807) is 6.92 Å². The maximum Gasteiger partial charge on any atom is 0.129 e. The fraction of sp³-hybridized carbons (Fsp3) is 0.263. The number of nitriles is 1. The molecule has 21 heavy (non-hydrogen) atoms. The van der Waals surface area contributed by atoms with E-state index < -0.39 is 5.41 Å². The van der Waals surface area contributed by atoms with Crippen molar-refractivity contribution in [3.05, 3.63) is 54.1 Å². The summed E-state index contributed by atoms with van der Waals surface area (Å²) in [5, 5.41) is 11.7. The third-order valence-electron chi connectivity index (χ3n) is 3.67. The van der Waals surface area contributed by atoms with Crippen molar-refractivity contribution >= 4 is 22.6 Å².